The SMILES string of the molecule is CCOC(=O)N1CCN(C(=O)C(C)Oc2ccc(C)cc2)CC1. The van der Waals surface area contributed by atoms with E-state index < -0.39 is 6.10 Å². The van der Waals surface area contributed by atoms with Gasteiger partial charge in [-0.05, 0) is 32.9 Å². The molecule has 1 fully saturated rings. The van der Waals surface area contributed by atoms with E-state index in [2.05, 4.69) is 0 Å². The van der Waals surface area contributed by atoms with Gasteiger partial charge in [-0.3, -0.25) is 4.79 Å². The topological polar surface area (TPSA) is 59.1 Å². The minimum absolute atomic E-state index is 0.0610. The van der Waals surface area contributed by atoms with Gasteiger partial charge in [0.15, 0.2) is 6.10 Å². The molecule has 0 aliphatic carbocycles. The molecule has 0 bridgehead atoms. The van der Waals surface area contributed by atoms with Crippen molar-refractivity contribution in [2.24, 2.45) is 0 Å². The summed E-state index contributed by atoms with van der Waals surface area (Å²) in [5, 5.41) is 0. The van der Waals surface area contributed by atoms with Gasteiger partial charge in [-0.1, -0.05) is 17.7 Å². The number of benzene rings is 1. The average molecular weight is 320 g/mol. The highest BCUT2D eigenvalue weighted by Crippen LogP contribution is 2.15. The van der Waals surface area contributed by atoms with E-state index in [9.17, 15) is 9.59 Å². The van der Waals surface area contributed by atoms with Gasteiger partial charge in [0, 0.05) is 26.2 Å². The molecule has 2 amide bonds. The van der Waals surface area contributed by atoms with Crippen molar-refractivity contribution >= 4 is 12.0 Å². The minimum atomic E-state index is -0.549. The normalized spacial score (nSPS) is 16.0. The Bertz CT molecular complexity index is 536. The van der Waals surface area contributed by atoms with Crippen molar-refractivity contribution in [2.45, 2.75) is 26.9 Å². The molecule has 0 spiro atoms. The maximum absolute atomic E-state index is 12.4. The van der Waals surface area contributed by atoms with Crippen LogP contribution in [0.5, 0.6) is 5.75 Å². The highest BCUT2D eigenvalue weighted by Gasteiger charge is 2.28. The summed E-state index contributed by atoms with van der Waals surface area (Å²) in [6.07, 6.45) is -0.865. The minimum Gasteiger partial charge on any atom is -0.481 e. The summed E-state index contributed by atoms with van der Waals surface area (Å²) in [5.41, 5.74) is 1.14. The van der Waals surface area contributed by atoms with E-state index in [0.717, 1.165) is 5.56 Å². The Labute approximate surface area is 137 Å². The Hall–Kier alpha value is -2.24. The lowest BCUT2D eigenvalue weighted by Gasteiger charge is -2.35. The zero-order valence-electron chi connectivity index (χ0n) is 13.9. The number of aryl methyl sites for hydroxylation is 1. The third-order valence-electron chi connectivity index (χ3n) is 3.80. The van der Waals surface area contributed by atoms with Gasteiger partial charge in [-0.25, -0.2) is 4.79 Å². The zero-order valence-corrected chi connectivity index (χ0v) is 13.9. The fourth-order valence-electron chi connectivity index (χ4n) is 2.45. The lowest BCUT2D eigenvalue weighted by atomic mass is 10.2. The van der Waals surface area contributed by atoms with Crippen molar-refractivity contribution in [3.63, 3.8) is 0 Å². The molecule has 23 heavy (non-hydrogen) atoms. The summed E-state index contributed by atoms with van der Waals surface area (Å²) in [6, 6.07) is 7.62. The second kappa shape index (κ2) is 7.85. The van der Waals surface area contributed by atoms with Crippen LogP contribution >= 0.6 is 0 Å². The Morgan fingerprint density at radius 1 is 1.09 bits per heavy atom. The number of hydrogen-bond acceptors (Lipinski definition) is 4. The predicted molar refractivity (Wildman–Crippen MR) is 86.4 cm³/mol. The smallest absolute Gasteiger partial charge is 0.409 e. The third-order valence-corrected chi connectivity index (χ3v) is 3.80. The Kier molecular flexibility index (Phi) is 5.84. The molecule has 1 aromatic carbocycles. The average Bonchev–Trinajstić information content (AvgIpc) is 2.56. The summed E-state index contributed by atoms with van der Waals surface area (Å²) < 4.78 is 10.7. The molecule has 6 heteroatoms. The van der Waals surface area contributed by atoms with Crippen LogP contribution in [0.4, 0.5) is 4.79 Å². The summed E-state index contributed by atoms with van der Waals surface area (Å²) in [7, 11) is 0. The molecule has 1 unspecified atom stereocenters. The molecule has 0 N–H and O–H groups in total. The second-order valence-corrected chi connectivity index (χ2v) is 5.58. The molecule has 1 aromatic rings. The molecule has 2 rings (SSSR count). The fraction of sp³-hybridized carbons (Fsp3) is 0.529. The molecule has 1 heterocycles. The maximum atomic E-state index is 12.4. The predicted octanol–water partition coefficient (Wildman–Crippen LogP) is 2.06. The standard InChI is InChI=1S/C17H24N2O4/c1-4-22-17(21)19-11-9-18(10-12-19)16(20)14(3)23-15-7-5-13(2)6-8-15/h5-8,14H,4,9-12H2,1-3H3. The summed E-state index contributed by atoms with van der Waals surface area (Å²) in [4.78, 5) is 27.4. The van der Waals surface area contributed by atoms with Gasteiger partial charge in [-0.15, -0.1) is 0 Å². The molecule has 0 radical (unpaired) electrons. The van der Waals surface area contributed by atoms with Gasteiger partial charge in [-0.2, -0.15) is 0 Å². The first-order valence-corrected chi connectivity index (χ1v) is 7.95. The second-order valence-electron chi connectivity index (χ2n) is 5.58. The van der Waals surface area contributed by atoms with Crippen molar-refractivity contribution in [3.05, 3.63) is 29.8 Å². The van der Waals surface area contributed by atoms with Crippen LogP contribution in [0.1, 0.15) is 19.4 Å². The Balaban J connectivity index is 1.84. The van der Waals surface area contributed by atoms with Crippen molar-refractivity contribution in [1.82, 2.24) is 9.80 Å². The van der Waals surface area contributed by atoms with E-state index in [1.807, 2.05) is 31.2 Å². The number of piperazine rings is 1. The highest BCUT2D eigenvalue weighted by molar-refractivity contribution is 5.81. The molecule has 0 aromatic heterocycles. The largest absolute Gasteiger partial charge is 0.481 e. The Morgan fingerprint density at radius 2 is 1.65 bits per heavy atom. The van der Waals surface area contributed by atoms with Crippen LogP contribution in [-0.2, 0) is 9.53 Å². The molecule has 1 aliphatic rings. The van der Waals surface area contributed by atoms with E-state index in [1.54, 1.807) is 23.6 Å². The number of rotatable bonds is 4. The molecule has 0 saturated carbocycles. The first kappa shape index (κ1) is 17.1. The number of carbonyl (C=O) groups is 2. The molecule has 1 saturated heterocycles. The van der Waals surface area contributed by atoms with E-state index in [1.165, 1.54) is 0 Å². The monoisotopic (exact) mass is 320 g/mol. The van der Waals surface area contributed by atoms with E-state index >= 15 is 0 Å². The third kappa shape index (κ3) is 4.61. The number of ether oxygens (including phenoxy) is 2. The van der Waals surface area contributed by atoms with Crippen molar-refractivity contribution < 1.29 is 19.1 Å². The van der Waals surface area contributed by atoms with Gasteiger partial charge in [0.2, 0.25) is 0 Å². The lowest BCUT2D eigenvalue weighted by molar-refractivity contribution is -0.139. The van der Waals surface area contributed by atoms with Crippen molar-refractivity contribution in [3.8, 4) is 5.75 Å². The first-order chi connectivity index (χ1) is 11.0. The molecule has 1 aliphatic heterocycles. The van der Waals surface area contributed by atoms with Crippen molar-refractivity contribution in [1.29, 1.82) is 0 Å². The van der Waals surface area contributed by atoms with Gasteiger partial charge >= 0.3 is 6.09 Å². The number of carbonyl (C=O) groups excluding carboxylic acids is 2. The van der Waals surface area contributed by atoms with Crippen LogP contribution in [0, 0.1) is 6.92 Å². The van der Waals surface area contributed by atoms with E-state index in [0.29, 0.717) is 38.5 Å². The molecule has 126 valence electrons. The highest BCUT2D eigenvalue weighted by atomic mass is 16.6. The van der Waals surface area contributed by atoms with Crippen molar-refractivity contribution in [2.75, 3.05) is 32.8 Å². The number of amides is 2. The van der Waals surface area contributed by atoms with Crippen LogP contribution in [-0.4, -0.2) is 60.7 Å². The van der Waals surface area contributed by atoms with Crippen LogP contribution < -0.4 is 4.74 Å². The molecule has 1 atom stereocenters. The molecular weight excluding hydrogens is 296 g/mol. The maximum Gasteiger partial charge on any atom is 0.409 e. The zero-order chi connectivity index (χ0) is 16.8. The summed E-state index contributed by atoms with van der Waals surface area (Å²) in [5.74, 6) is 0.621. The summed E-state index contributed by atoms with van der Waals surface area (Å²) >= 11 is 0. The lowest BCUT2D eigenvalue weighted by Crippen LogP contribution is -2.53. The quantitative estimate of drug-likeness (QED) is 0.852. The molecular formula is C17H24N2O4. The van der Waals surface area contributed by atoms with Gasteiger partial charge in [0.1, 0.15) is 5.75 Å². The van der Waals surface area contributed by atoms with Crippen LogP contribution in [0.3, 0.4) is 0 Å². The van der Waals surface area contributed by atoms with Crippen LogP contribution in [0.15, 0.2) is 24.3 Å². The van der Waals surface area contributed by atoms with E-state index in [4.69, 9.17) is 9.47 Å². The molecule has 6 nitrogen and oxygen atoms in total. The van der Waals surface area contributed by atoms with E-state index in [-0.39, 0.29) is 12.0 Å². The first-order valence-electron chi connectivity index (χ1n) is 7.95. The number of nitrogens with zero attached hydrogens (tertiary/aromatic N) is 2. The van der Waals surface area contributed by atoms with Gasteiger partial charge < -0.3 is 19.3 Å². The van der Waals surface area contributed by atoms with Crippen LogP contribution in [0.2, 0.25) is 0 Å². The van der Waals surface area contributed by atoms with Gasteiger partial charge in [0.05, 0.1) is 6.61 Å². The van der Waals surface area contributed by atoms with Crippen LogP contribution in [0.25, 0.3) is 0 Å². The number of hydrogen-bond donors (Lipinski definition) is 0. The Morgan fingerprint density at radius 3 is 2.22 bits per heavy atom. The van der Waals surface area contributed by atoms with Gasteiger partial charge in [0.25, 0.3) is 5.91 Å². The summed E-state index contributed by atoms with van der Waals surface area (Å²) in [6.45, 7) is 7.87. The fourth-order valence-corrected chi connectivity index (χ4v) is 2.45.